The highest BCUT2D eigenvalue weighted by Gasteiger charge is 2.30. The number of urea groups is 1. The highest BCUT2D eigenvalue weighted by Crippen LogP contribution is 2.37. The van der Waals surface area contributed by atoms with Crippen LogP contribution in [0.5, 0.6) is 0 Å². The third kappa shape index (κ3) is 7.00. The number of rotatable bonds is 10. The topological polar surface area (TPSA) is 80.8 Å². The van der Waals surface area contributed by atoms with Gasteiger partial charge in [0.25, 0.3) is 5.91 Å². The summed E-state index contributed by atoms with van der Waals surface area (Å²) in [6, 6.07) is 8.05. The Labute approximate surface area is 225 Å². The van der Waals surface area contributed by atoms with E-state index >= 15 is 0 Å². The summed E-state index contributed by atoms with van der Waals surface area (Å²) >= 11 is 6.24. The van der Waals surface area contributed by atoms with E-state index in [0.717, 1.165) is 38.6 Å². The molecule has 0 atom stereocenters. The van der Waals surface area contributed by atoms with Gasteiger partial charge in [-0.1, -0.05) is 38.3 Å². The monoisotopic (exact) mass is 526 g/mol. The smallest absolute Gasteiger partial charge is 0.327 e. The number of aromatic nitrogens is 1. The number of nitrogens with zero attached hydrogens (tertiary/aromatic N) is 4. The molecule has 9 heteroatoms. The number of anilines is 3. The quantitative estimate of drug-likeness (QED) is 0.407. The van der Waals surface area contributed by atoms with Crippen molar-refractivity contribution in [3.8, 4) is 0 Å². The Hall–Kier alpha value is -2.68. The average Bonchev–Trinajstić information content (AvgIpc) is 3.02. The summed E-state index contributed by atoms with van der Waals surface area (Å²) in [7, 11) is 0. The van der Waals surface area contributed by atoms with Gasteiger partial charge in [0.05, 0.1) is 16.9 Å². The van der Waals surface area contributed by atoms with Gasteiger partial charge in [0, 0.05) is 24.3 Å². The summed E-state index contributed by atoms with van der Waals surface area (Å²) in [5.41, 5.74) is 1.27. The van der Waals surface area contributed by atoms with Gasteiger partial charge in [-0.25, -0.2) is 14.7 Å². The molecular weight excluding hydrogens is 488 g/mol. The number of fused-ring (bicyclic) bond motifs is 2. The normalized spacial score (nSPS) is 16.2. The van der Waals surface area contributed by atoms with E-state index in [2.05, 4.69) is 39.3 Å². The number of amides is 3. The molecule has 1 aromatic carbocycles. The van der Waals surface area contributed by atoms with Crippen molar-refractivity contribution in [1.29, 1.82) is 0 Å². The fraction of sp³-hybridized carbons (Fsp3) is 0.536. The van der Waals surface area contributed by atoms with Gasteiger partial charge in [0.1, 0.15) is 0 Å². The lowest BCUT2D eigenvalue weighted by Gasteiger charge is -2.32. The molecule has 2 N–H and O–H groups in total. The Morgan fingerprint density at radius 2 is 1.97 bits per heavy atom. The van der Waals surface area contributed by atoms with Crippen molar-refractivity contribution < 1.29 is 9.59 Å². The Morgan fingerprint density at radius 1 is 1.19 bits per heavy atom. The predicted octanol–water partition coefficient (Wildman–Crippen LogP) is 5.37. The molecule has 1 fully saturated rings. The maximum atomic E-state index is 13.4. The van der Waals surface area contributed by atoms with Gasteiger partial charge in [0.2, 0.25) is 0 Å². The third-order valence-corrected chi connectivity index (χ3v) is 7.77. The summed E-state index contributed by atoms with van der Waals surface area (Å²) in [5, 5.41) is 6.33. The number of nitrogens with one attached hydrogen (secondary N) is 2. The standard InChI is InChI=1S/C28H39ClN6O2/c1-3-33(4-2)16-6-5-8-21-12-17-34(18-13-21)19-15-31-28(37)35-25-20-22(29)10-11-23(25)27(36)32-24-9-7-14-30-26(24)35/h7,9-11,14,20-21H,3-6,8,12-13,15-19H2,1-2H3,(H,31,37)(H,32,36). The highest BCUT2D eigenvalue weighted by atomic mass is 35.5. The van der Waals surface area contributed by atoms with E-state index in [1.54, 1.807) is 36.5 Å². The number of hydrogen-bond donors (Lipinski definition) is 2. The lowest BCUT2D eigenvalue weighted by Crippen LogP contribution is -2.43. The summed E-state index contributed by atoms with van der Waals surface area (Å²) in [6.07, 6.45) is 7.98. The SMILES string of the molecule is CCN(CC)CCCCC1CCN(CCNC(=O)N2c3cc(Cl)ccc3C(=O)Nc3cccnc32)CC1. The van der Waals surface area contributed by atoms with Crippen LogP contribution in [0, 0.1) is 5.92 Å². The second-order valence-electron chi connectivity index (χ2n) is 9.87. The van der Waals surface area contributed by atoms with Crippen LogP contribution in [0.15, 0.2) is 36.5 Å². The number of hydrogen-bond acceptors (Lipinski definition) is 5. The zero-order chi connectivity index (χ0) is 26.2. The minimum atomic E-state index is -0.331. The van der Waals surface area contributed by atoms with Crippen LogP contribution in [0.3, 0.4) is 0 Å². The van der Waals surface area contributed by atoms with E-state index in [4.69, 9.17) is 11.6 Å². The fourth-order valence-electron chi connectivity index (χ4n) is 5.27. The van der Waals surface area contributed by atoms with Crippen molar-refractivity contribution in [1.82, 2.24) is 20.1 Å². The maximum Gasteiger partial charge on any atom is 0.327 e. The number of pyridine rings is 1. The zero-order valence-corrected chi connectivity index (χ0v) is 22.8. The summed E-state index contributed by atoms with van der Waals surface area (Å²) in [4.78, 5) is 36.9. The molecule has 1 saturated heterocycles. The van der Waals surface area contributed by atoms with E-state index in [1.807, 2.05) is 0 Å². The maximum absolute atomic E-state index is 13.4. The van der Waals surface area contributed by atoms with Crippen LogP contribution < -0.4 is 15.5 Å². The van der Waals surface area contributed by atoms with Crippen molar-refractivity contribution in [2.45, 2.75) is 46.0 Å². The first-order valence-electron chi connectivity index (χ1n) is 13.6. The van der Waals surface area contributed by atoms with Crippen LogP contribution in [-0.2, 0) is 0 Å². The van der Waals surface area contributed by atoms with Crippen molar-refractivity contribution in [3.63, 3.8) is 0 Å². The van der Waals surface area contributed by atoms with Crippen LogP contribution in [0.1, 0.15) is 56.3 Å². The van der Waals surface area contributed by atoms with Gasteiger partial charge in [-0.05, 0) is 88.2 Å². The highest BCUT2D eigenvalue weighted by molar-refractivity contribution is 6.31. The molecule has 0 radical (unpaired) electrons. The number of carbonyl (C=O) groups excluding carboxylic acids is 2. The molecule has 3 heterocycles. The molecule has 0 aliphatic carbocycles. The molecule has 0 unspecified atom stereocenters. The van der Waals surface area contributed by atoms with Crippen LogP contribution in [0.25, 0.3) is 0 Å². The summed E-state index contributed by atoms with van der Waals surface area (Å²) in [6.45, 7) is 11.4. The van der Waals surface area contributed by atoms with E-state index < -0.39 is 0 Å². The van der Waals surface area contributed by atoms with Crippen LogP contribution >= 0.6 is 11.6 Å². The number of unbranched alkanes of at least 4 members (excludes halogenated alkanes) is 1. The average molecular weight is 527 g/mol. The molecule has 0 spiro atoms. The molecule has 4 rings (SSSR count). The Morgan fingerprint density at radius 3 is 2.73 bits per heavy atom. The molecule has 8 nitrogen and oxygen atoms in total. The first-order chi connectivity index (χ1) is 18.0. The van der Waals surface area contributed by atoms with Crippen molar-refractivity contribution in [2.24, 2.45) is 5.92 Å². The van der Waals surface area contributed by atoms with Crippen molar-refractivity contribution >= 4 is 40.7 Å². The van der Waals surface area contributed by atoms with Gasteiger partial charge < -0.3 is 20.4 Å². The van der Waals surface area contributed by atoms with Gasteiger partial charge in [-0.2, -0.15) is 0 Å². The molecule has 2 aromatic rings. The van der Waals surface area contributed by atoms with Gasteiger partial charge >= 0.3 is 6.03 Å². The number of carbonyl (C=O) groups is 2. The molecule has 1 aromatic heterocycles. The van der Waals surface area contributed by atoms with Gasteiger partial charge in [-0.3, -0.25) is 4.79 Å². The van der Waals surface area contributed by atoms with E-state index in [0.29, 0.717) is 34.3 Å². The van der Waals surface area contributed by atoms with E-state index in [1.165, 1.54) is 43.5 Å². The predicted molar refractivity (Wildman–Crippen MR) is 150 cm³/mol. The van der Waals surface area contributed by atoms with Crippen LogP contribution in [0.2, 0.25) is 5.02 Å². The molecule has 37 heavy (non-hydrogen) atoms. The second-order valence-corrected chi connectivity index (χ2v) is 10.3. The van der Waals surface area contributed by atoms with Gasteiger partial charge in [-0.15, -0.1) is 0 Å². The first-order valence-corrected chi connectivity index (χ1v) is 14.0. The second kappa shape index (κ2) is 13.2. The minimum Gasteiger partial charge on any atom is -0.336 e. The van der Waals surface area contributed by atoms with Crippen molar-refractivity contribution in [3.05, 3.63) is 47.1 Å². The van der Waals surface area contributed by atoms with Crippen LogP contribution in [0.4, 0.5) is 22.0 Å². The largest absolute Gasteiger partial charge is 0.336 e. The molecule has 200 valence electrons. The third-order valence-electron chi connectivity index (χ3n) is 7.54. The van der Waals surface area contributed by atoms with Crippen LogP contribution in [-0.4, -0.2) is 72.5 Å². The zero-order valence-electron chi connectivity index (χ0n) is 22.0. The first kappa shape index (κ1) is 27.4. The summed E-state index contributed by atoms with van der Waals surface area (Å²) < 4.78 is 0. The number of likely N-dealkylation sites (tertiary alicyclic amines) is 1. The lowest BCUT2D eigenvalue weighted by atomic mass is 9.91. The number of halogens is 1. The Balaban J connectivity index is 1.28. The lowest BCUT2D eigenvalue weighted by molar-refractivity contribution is 0.102. The van der Waals surface area contributed by atoms with Crippen molar-refractivity contribution in [2.75, 3.05) is 56.0 Å². The van der Waals surface area contributed by atoms with E-state index in [-0.39, 0.29) is 11.9 Å². The fourth-order valence-corrected chi connectivity index (χ4v) is 5.44. The molecule has 3 amide bonds. The van der Waals surface area contributed by atoms with E-state index in [9.17, 15) is 9.59 Å². The minimum absolute atomic E-state index is 0.299. The molecule has 2 aliphatic heterocycles. The molecule has 2 aliphatic rings. The Kier molecular flexibility index (Phi) is 9.77. The summed E-state index contributed by atoms with van der Waals surface area (Å²) in [5.74, 6) is 0.886. The Bertz CT molecular complexity index is 1070. The number of benzene rings is 1. The number of piperidine rings is 1. The molecular formula is C28H39ClN6O2. The van der Waals surface area contributed by atoms with Gasteiger partial charge in [0.15, 0.2) is 5.82 Å². The molecule has 0 saturated carbocycles. The molecule has 0 bridgehead atoms.